The van der Waals surface area contributed by atoms with Crippen LogP contribution in [0.5, 0.6) is 0 Å². The van der Waals surface area contributed by atoms with E-state index in [0.717, 1.165) is 5.56 Å². The van der Waals surface area contributed by atoms with Gasteiger partial charge in [0.25, 0.3) is 0 Å². The Kier molecular flexibility index (Phi) is 5.49. The van der Waals surface area contributed by atoms with Crippen LogP contribution in [-0.4, -0.2) is 51.6 Å². The predicted molar refractivity (Wildman–Crippen MR) is 74.2 cm³/mol. The SMILES string of the molecule is OCCN(CCO)Cc1nnc(-c2ccc(Cl)cc2)o1. The van der Waals surface area contributed by atoms with E-state index >= 15 is 0 Å². The minimum atomic E-state index is 0.0121. The first-order valence-corrected chi connectivity index (χ1v) is 6.63. The number of nitrogens with zero attached hydrogens (tertiary/aromatic N) is 3. The summed E-state index contributed by atoms with van der Waals surface area (Å²) in [4.78, 5) is 1.83. The molecule has 0 spiro atoms. The molecular weight excluding hydrogens is 282 g/mol. The lowest BCUT2D eigenvalue weighted by atomic mass is 10.2. The molecule has 0 aliphatic carbocycles. The van der Waals surface area contributed by atoms with Crippen molar-refractivity contribution in [2.24, 2.45) is 0 Å². The molecule has 0 fully saturated rings. The summed E-state index contributed by atoms with van der Waals surface area (Å²) in [6, 6.07) is 7.12. The van der Waals surface area contributed by atoms with E-state index in [0.29, 0.717) is 36.4 Å². The van der Waals surface area contributed by atoms with Crippen molar-refractivity contribution >= 4 is 11.6 Å². The van der Waals surface area contributed by atoms with Crippen molar-refractivity contribution in [2.75, 3.05) is 26.3 Å². The van der Waals surface area contributed by atoms with Crippen molar-refractivity contribution in [1.29, 1.82) is 0 Å². The number of benzene rings is 1. The van der Waals surface area contributed by atoms with Crippen LogP contribution in [-0.2, 0) is 6.54 Å². The monoisotopic (exact) mass is 297 g/mol. The van der Waals surface area contributed by atoms with Gasteiger partial charge in [-0.3, -0.25) is 4.90 Å². The molecule has 0 amide bonds. The van der Waals surface area contributed by atoms with E-state index in [2.05, 4.69) is 10.2 Å². The van der Waals surface area contributed by atoms with E-state index in [9.17, 15) is 0 Å². The Morgan fingerprint density at radius 1 is 1.05 bits per heavy atom. The highest BCUT2D eigenvalue weighted by Gasteiger charge is 2.12. The van der Waals surface area contributed by atoms with Crippen molar-refractivity contribution in [2.45, 2.75) is 6.54 Å². The predicted octanol–water partition coefficient (Wildman–Crippen LogP) is 1.18. The Labute approximate surface area is 121 Å². The first kappa shape index (κ1) is 14.9. The van der Waals surface area contributed by atoms with Gasteiger partial charge in [-0.15, -0.1) is 10.2 Å². The highest BCUT2D eigenvalue weighted by Crippen LogP contribution is 2.20. The van der Waals surface area contributed by atoms with Crippen LogP contribution in [0.3, 0.4) is 0 Å². The average Bonchev–Trinajstić information content (AvgIpc) is 2.89. The Balaban J connectivity index is 2.06. The maximum Gasteiger partial charge on any atom is 0.247 e. The summed E-state index contributed by atoms with van der Waals surface area (Å²) in [6.45, 7) is 1.30. The number of hydrogen-bond donors (Lipinski definition) is 2. The molecule has 0 aliphatic rings. The third-order valence-corrected chi connectivity index (χ3v) is 3.00. The number of aliphatic hydroxyl groups excluding tert-OH is 2. The minimum Gasteiger partial charge on any atom is -0.419 e. The Morgan fingerprint density at radius 3 is 2.30 bits per heavy atom. The molecule has 7 heteroatoms. The van der Waals surface area contributed by atoms with Crippen LogP contribution in [0.1, 0.15) is 5.89 Å². The van der Waals surface area contributed by atoms with Crippen molar-refractivity contribution in [3.05, 3.63) is 35.2 Å². The molecule has 0 saturated heterocycles. The third kappa shape index (κ3) is 4.01. The second-order valence-electron chi connectivity index (χ2n) is 4.23. The number of aromatic nitrogens is 2. The molecule has 0 aliphatic heterocycles. The van der Waals surface area contributed by atoms with Crippen molar-refractivity contribution < 1.29 is 14.6 Å². The van der Waals surface area contributed by atoms with Crippen LogP contribution in [0.4, 0.5) is 0 Å². The van der Waals surface area contributed by atoms with E-state index in [4.69, 9.17) is 26.2 Å². The van der Waals surface area contributed by atoms with Gasteiger partial charge in [0.2, 0.25) is 11.8 Å². The van der Waals surface area contributed by atoms with Gasteiger partial charge in [-0.1, -0.05) is 11.6 Å². The van der Waals surface area contributed by atoms with Crippen LogP contribution in [0.15, 0.2) is 28.7 Å². The van der Waals surface area contributed by atoms with E-state index in [-0.39, 0.29) is 13.2 Å². The van der Waals surface area contributed by atoms with Gasteiger partial charge in [0.05, 0.1) is 19.8 Å². The van der Waals surface area contributed by atoms with Gasteiger partial charge < -0.3 is 14.6 Å². The summed E-state index contributed by atoms with van der Waals surface area (Å²) in [5.41, 5.74) is 0.795. The summed E-state index contributed by atoms with van der Waals surface area (Å²) < 4.78 is 5.56. The normalized spacial score (nSPS) is 11.2. The molecule has 0 bridgehead atoms. The highest BCUT2D eigenvalue weighted by atomic mass is 35.5. The third-order valence-electron chi connectivity index (χ3n) is 2.75. The molecule has 20 heavy (non-hydrogen) atoms. The molecule has 1 heterocycles. The lowest BCUT2D eigenvalue weighted by molar-refractivity contribution is 0.147. The zero-order valence-corrected chi connectivity index (χ0v) is 11.6. The Hall–Kier alpha value is -1.47. The topological polar surface area (TPSA) is 82.6 Å². The Bertz CT molecular complexity index is 524. The van der Waals surface area contributed by atoms with E-state index in [1.165, 1.54) is 0 Å². The van der Waals surface area contributed by atoms with Gasteiger partial charge in [0, 0.05) is 23.7 Å². The molecular formula is C13H16ClN3O3. The maximum absolute atomic E-state index is 8.95. The van der Waals surface area contributed by atoms with Gasteiger partial charge in [-0.25, -0.2) is 0 Å². The Morgan fingerprint density at radius 2 is 1.70 bits per heavy atom. The van der Waals surface area contributed by atoms with Gasteiger partial charge >= 0.3 is 0 Å². The molecule has 2 N–H and O–H groups in total. The van der Waals surface area contributed by atoms with Crippen LogP contribution in [0.2, 0.25) is 5.02 Å². The summed E-state index contributed by atoms with van der Waals surface area (Å²) in [6.07, 6.45) is 0. The van der Waals surface area contributed by atoms with Crippen molar-refractivity contribution in [3.63, 3.8) is 0 Å². The van der Waals surface area contributed by atoms with Crippen molar-refractivity contribution in [1.82, 2.24) is 15.1 Å². The fourth-order valence-electron chi connectivity index (χ4n) is 1.77. The first-order chi connectivity index (χ1) is 9.72. The molecule has 0 saturated carbocycles. The standard InChI is InChI=1S/C13H16ClN3O3/c14-11-3-1-10(2-4-11)13-16-15-12(20-13)9-17(5-7-18)6-8-19/h1-4,18-19H,5-9H2. The molecule has 0 unspecified atom stereocenters. The van der Waals surface area contributed by atoms with Gasteiger partial charge in [0.1, 0.15) is 0 Å². The fourth-order valence-corrected chi connectivity index (χ4v) is 1.90. The van der Waals surface area contributed by atoms with E-state index < -0.39 is 0 Å². The van der Waals surface area contributed by atoms with Crippen LogP contribution in [0, 0.1) is 0 Å². The van der Waals surface area contributed by atoms with Gasteiger partial charge in [-0.05, 0) is 24.3 Å². The van der Waals surface area contributed by atoms with Crippen LogP contribution >= 0.6 is 11.6 Å². The zero-order valence-electron chi connectivity index (χ0n) is 10.9. The molecule has 0 radical (unpaired) electrons. The smallest absolute Gasteiger partial charge is 0.247 e. The quantitative estimate of drug-likeness (QED) is 0.798. The van der Waals surface area contributed by atoms with Gasteiger partial charge in [-0.2, -0.15) is 0 Å². The second-order valence-corrected chi connectivity index (χ2v) is 4.67. The molecule has 1 aromatic heterocycles. The van der Waals surface area contributed by atoms with Crippen LogP contribution in [0.25, 0.3) is 11.5 Å². The zero-order chi connectivity index (χ0) is 14.4. The molecule has 1 aromatic carbocycles. The lowest BCUT2D eigenvalue weighted by Crippen LogP contribution is -2.29. The summed E-state index contributed by atoms with van der Waals surface area (Å²) in [5.74, 6) is 0.862. The van der Waals surface area contributed by atoms with Crippen LogP contribution < -0.4 is 0 Å². The number of rotatable bonds is 7. The molecule has 2 aromatic rings. The fraction of sp³-hybridized carbons (Fsp3) is 0.385. The van der Waals surface area contributed by atoms with Crippen molar-refractivity contribution in [3.8, 4) is 11.5 Å². The van der Waals surface area contributed by atoms with E-state index in [1.54, 1.807) is 24.3 Å². The van der Waals surface area contributed by atoms with Gasteiger partial charge in [0.15, 0.2) is 0 Å². The minimum absolute atomic E-state index is 0.0121. The van der Waals surface area contributed by atoms with E-state index in [1.807, 2.05) is 4.90 Å². The average molecular weight is 298 g/mol. The summed E-state index contributed by atoms with van der Waals surface area (Å²) in [5, 5.41) is 26.5. The lowest BCUT2D eigenvalue weighted by Gasteiger charge is -2.17. The largest absolute Gasteiger partial charge is 0.419 e. The molecule has 108 valence electrons. The maximum atomic E-state index is 8.95. The molecule has 6 nitrogen and oxygen atoms in total. The highest BCUT2D eigenvalue weighted by molar-refractivity contribution is 6.30. The summed E-state index contributed by atoms with van der Waals surface area (Å²) >= 11 is 5.82. The molecule has 2 rings (SSSR count). The molecule has 0 atom stereocenters. The second kappa shape index (κ2) is 7.35. The number of hydrogen-bond acceptors (Lipinski definition) is 6. The number of aliphatic hydroxyl groups is 2. The number of halogens is 1. The summed E-state index contributed by atoms with van der Waals surface area (Å²) in [7, 11) is 0. The first-order valence-electron chi connectivity index (χ1n) is 6.25.